The molecule has 13 heavy (non-hydrogen) atoms. The van der Waals surface area contributed by atoms with Gasteiger partial charge in [0, 0.05) is 6.04 Å². The molecule has 0 aromatic carbocycles. The van der Waals surface area contributed by atoms with E-state index in [0.717, 1.165) is 13.1 Å². The molecule has 1 aliphatic carbocycles. The van der Waals surface area contributed by atoms with Gasteiger partial charge in [0.15, 0.2) is 0 Å². The monoisotopic (exact) mass is 180 g/mol. The predicted molar refractivity (Wildman–Crippen MR) is 57.6 cm³/mol. The highest BCUT2D eigenvalue weighted by molar-refractivity contribution is 5.25. The van der Waals surface area contributed by atoms with Crippen LogP contribution in [0.1, 0.15) is 20.8 Å². The first-order valence-electron chi connectivity index (χ1n) is 5.00. The van der Waals surface area contributed by atoms with E-state index < -0.39 is 0 Å². The van der Waals surface area contributed by atoms with Crippen LogP contribution in [-0.4, -0.2) is 29.6 Å². The molecular weight excluding hydrogens is 160 g/mol. The van der Waals surface area contributed by atoms with Crippen molar-refractivity contribution in [3.05, 3.63) is 24.3 Å². The summed E-state index contributed by atoms with van der Waals surface area (Å²) in [5.74, 6) is 0. The fourth-order valence-corrected chi connectivity index (χ4v) is 1.87. The van der Waals surface area contributed by atoms with E-state index in [4.69, 9.17) is 5.73 Å². The molecule has 2 heteroatoms. The van der Waals surface area contributed by atoms with Gasteiger partial charge in [0.1, 0.15) is 0 Å². The summed E-state index contributed by atoms with van der Waals surface area (Å²) < 4.78 is 0. The average molecular weight is 180 g/mol. The molecule has 0 fully saturated rings. The lowest BCUT2D eigenvalue weighted by Gasteiger charge is -2.39. The zero-order chi connectivity index (χ0) is 9.90. The maximum atomic E-state index is 6.19. The van der Waals surface area contributed by atoms with E-state index in [1.165, 1.54) is 0 Å². The highest BCUT2D eigenvalue weighted by Gasteiger charge is 2.30. The van der Waals surface area contributed by atoms with Gasteiger partial charge in [-0.15, -0.1) is 0 Å². The van der Waals surface area contributed by atoms with Gasteiger partial charge in [-0.05, 0) is 20.0 Å². The Morgan fingerprint density at radius 1 is 1.31 bits per heavy atom. The first-order valence-corrected chi connectivity index (χ1v) is 5.00. The van der Waals surface area contributed by atoms with Crippen molar-refractivity contribution < 1.29 is 0 Å². The highest BCUT2D eigenvalue weighted by atomic mass is 15.2. The molecule has 0 saturated carbocycles. The van der Waals surface area contributed by atoms with E-state index in [1.807, 2.05) is 6.08 Å². The lowest BCUT2D eigenvalue weighted by molar-refractivity contribution is 0.200. The fourth-order valence-electron chi connectivity index (χ4n) is 1.87. The van der Waals surface area contributed by atoms with Gasteiger partial charge in [-0.1, -0.05) is 38.2 Å². The van der Waals surface area contributed by atoms with Gasteiger partial charge in [-0.3, -0.25) is 4.90 Å². The third-order valence-electron chi connectivity index (χ3n) is 2.70. The Bertz CT molecular complexity index is 212. The number of nitrogens with zero attached hydrogens (tertiary/aromatic N) is 1. The van der Waals surface area contributed by atoms with Crippen molar-refractivity contribution in [2.24, 2.45) is 5.73 Å². The maximum Gasteiger partial charge on any atom is 0.0507 e. The Labute approximate surface area is 81.1 Å². The standard InChI is InChI=1S/C11H20N2/c1-4-13(5-2)10-8-6-7-9-11(10,3)12/h6-10H,4-5,12H2,1-3H3. The Morgan fingerprint density at radius 3 is 2.38 bits per heavy atom. The van der Waals surface area contributed by atoms with Crippen LogP contribution >= 0.6 is 0 Å². The number of nitrogens with two attached hydrogens (primary N) is 1. The largest absolute Gasteiger partial charge is 0.321 e. The molecule has 0 saturated heterocycles. The topological polar surface area (TPSA) is 29.3 Å². The summed E-state index contributed by atoms with van der Waals surface area (Å²) >= 11 is 0. The molecule has 0 heterocycles. The Morgan fingerprint density at radius 2 is 1.92 bits per heavy atom. The minimum Gasteiger partial charge on any atom is -0.321 e. The van der Waals surface area contributed by atoms with Crippen LogP contribution in [0.4, 0.5) is 0 Å². The molecule has 2 atom stereocenters. The Kier molecular flexibility index (Phi) is 3.28. The van der Waals surface area contributed by atoms with Crippen LogP contribution in [0.3, 0.4) is 0 Å². The first-order chi connectivity index (χ1) is 6.11. The van der Waals surface area contributed by atoms with Crippen LogP contribution in [0.5, 0.6) is 0 Å². The highest BCUT2D eigenvalue weighted by Crippen LogP contribution is 2.19. The molecule has 74 valence electrons. The average Bonchev–Trinajstić information content (AvgIpc) is 2.09. The summed E-state index contributed by atoms with van der Waals surface area (Å²) in [4.78, 5) is 2.38. The molecule has 0 spiro atoms. The molecule has 1 aliphatic rings. The van der Waals surface area contributed by atoms with Crippen LogP contribution < -0.4 is 5.73 Å². The van der Waals surface area contributed by atoms with E-state index in [1.54, 1.807) is 0 Å². The summed E-state index contributed by atoms with van der Waals surface area (Å²) in [6.07, 6.45) is 8.38. The van der Waals surface area contributed by atoms with E-state index in [-0.39, 0.29) is 5.54 Å². The first kappa shape index (κ1) is 10.5. The third-order valence-corrected chi connectivity index (χ3v) is 2.70. The van der Waals surface area contributed by atoms with Gasteiger partial charge >= 0.3 is 0 Å². The number of hydrogen-bond donors (Lipinski definition) is 1. The molecule has 2 nitrogen and oxygen atoms in total. The van der Waals surface area contributed by atoms with Crippen molar-refractivity contribution in [3.63, 3.8) is 0 Å². The summed E-state index contributed by atoms with van der Waals surface area (Å²) in [5.41, 5.74) is 5.97. The minimum atomic E-state index is -0.221. The van der Waals surface area contributed by atoms with Crippen molar-refractivity contribution in [1.29, 1.82) is 0 Å². The Hall–Kier alpha value is -0.600. The second-order valence-electron chi connectivity index (χ2n) is 3.78. The normalized spacial score (nSPS) is 32.8. The summed E-state index contributed by atoms with van der Waals surface area (Å²) in [6.45, 7) is 8.52. The van der Waals surface area contributed by atoms with Crippen molar-refractivity contribution in [2.75, 3.05) is 13.1 Å². The van der Waals surface area contributed by atoms with Crippen molar-refractivity contribution in [3.8, 4) is 0 Å². The van der Waals surface area contributed by atoms with Gasteiger partial charge in [-0.2, -0.15) is 0 Å². The summed E-state index contributed by atoms with van der Waals surface area (Å²) in [5, 5.41) is 0. The molecule has 2 N–H and O–H groups in total. The predicted octanol–water partition coefficient (Wildman–Crippen LogP) is 1.54. The molecule has 0 aromatic heterocycles. The van der Waals surface area contributed by atoms with Gasteiger partial charge in [-0.25, -0.2) is 0 Å². The molecule has 0 radical (unpaired) electrons. The van der Waals surface area contributed by atoms with Crippen LogP contribution in [0.2, 0.25) is 0 Å². The van der Waals surface area contributed by atoms with Gasteiger partial charge < -0.3 is 5.73 Å². The van der Waals surface area contributed by atoms with E-state index in [9.17, 15) is 0 Å². The van der Waals surface area contributed by atoms with Crippen molar-refractivity contribution in [2.45, 2.75) is 32.4 Å². The minimum absolute atomic E-state index is 0.221. The molecule has 2 unspecified atom stereocenters. The molecule has 0 aliphatic heterocycles. The zero-order valence-electron chi connectivity index (χ0n) is 8.83. The van der Waals surface area contributed by atoms with Gasteiger partial charge in [0.2, 0.25) is 0 Å². The SMILES string of the molecule is CCN(CC)C1C=CC=CC1(C)N. The Balaban J connectivity index is 2.78. The van der Waals surface area contributed by atoms with Crippen LogP contribution in [0, 0.1) is 0 Å². The van der Waals surface area contributed by atoms with E-state index in [0.29, 0.717) is 6.04 Å². The van der Waals surface area contributed by atoms with Crippen LogP contribution in [-0.2, 0) is 0 Å². The van der Waals surface area contributed by atoms with Gasteiger partial charge in [0.25, 0.3) is 0 Å². The maximum absolute atomic E-state index is 6.19. The second kappa shape index (κ2) is 4.07. The smallest absolute Gasteiger partial charge is 0.0507 e. The van der Waals surface area contributed by atoms with Crippen LogP contribution in [0.15, 0.2) is 24.3 Å². The summed E-state index contributed by atoms with van der Waals surface area (Å²) in [7, 11) is 0. The molecule has 0 bridgehead atoms. The number of likely N-dealkylation sites (N-methyl/N-ethyl adjacent to an activating group) is 1. The molecule has 0 aromatic rings. The van der Waals surface area contributed by atoms with E-state index >= 15 is 0 Å². The van der Waals surface area contributed by atoms with Crippen molar-refractivity contribution in [1.82, 2.24) is 4.90 Å². The lowest BCUT2D eigenvalue weighted by atomic mass is 9.88. The number of hydrogen-bond acceptors (Lipinski definition) is 2. The third kappa shape index (κ3) is 2.20. The number of rotatable bonds is 3. The molecule has 0 amide bonds. The van der Waals surface area contributed by atoms with Crippen LogP contribution in [0.25, 0.3) is 0 Å². The lowest BCUT2D eigenvalue weighted by Crippen LogP contribution is -2.55. The second-order valence-corrected chi connectivity index (χ2v) is 3.78. The van der Waals surface area contributed by atoms with Gasteiger partial charge in [0.05, 0.1) is 5.54 Å². The van der Waals surface area contributed by atoms with E-state index in [2.05, 4.69) is 43.9 Å². The number of allylic oxidation sites excluding steroid dienone is 2. The summed E-state index contributed by atoms with van der Waals surface area (Å²) in [6, 6.07) is 0.340. The van der Waals surface area contributed by atoms with Crippen molar-refractivity contribution >= 4 is 0 Å². The molecular formula is C11H20N2. The fraction of sp³-hybridized carbons (Fsp3) is 0.636. The molecule has 1 rings (SSSR count). The quantitative estimate of drug-likeness (QED) is 0.714. The zero-order valence-corrected chi connectivity index (χ0v) is 8.83.